The standard InChI is InChI=1S/C9H18N2O3.C3H8.C2H6/c1-10(9(12)13-2)3-4-11-5-7-14-8-6-11;1-3-2;1-2/h3-8H2,1-2H3;3H2,1-2H3;1-2H3. The van der Waals surface area contributed by atoms with Gasteiger partial charge in [-0.3, -0.25) is 4.90 Å². The van der Waals surface area contributed by atoms with Gasteiger partial charge in [0.15, 0.2) is 0 Å². The Hall–Kier alpha value is -0.810. The first kappa shape index (κ1) is 20.5. The molecular weight excluding hydrogens is 244 g/mol. The average molecular weight is 276 g/mol. The molecule has 0 aromatic carbocycles. The van der Waals surface area contributed by atoms with Crippen molar-refractivity contribution >= 4 is 6.09 Å². The summed E-state index contributed by atoms with van der Waals surface area (Å²) in [6.45, 7) is 13.3. The fourth-order valence-electron chi connectivity index (χ4n) is 1.36. The summed E-state index contributed by atoms with van der Waals surface area (Å²) in [5.74, 6) is 0. The lowest BCUT2D eigenvalue weighted by atomic mass is 10.4. The van der Waals surface area contributed by atoms with Crippen molar-refractivity contribution in [3.05, 3.63) is 0 Å². The van der Waals surface area contributed by atoms with E-state index in [9.17, 15) is 4.79 Å². The van der Waals surface area contributed by atoms with E-state index in [0.717, 1.165) is 32.8 Å². The number of nitrogens with zero attached hydrogens (tertiary/aromatic N) is 2. The normalized spacial score (nSPS) is 14.4. The lowest BCUT2D eigenvalue weighted by molar-refractivity contribution is 0.0342. The van der Waals surface area contributed by atoms with Gasteiger partial charge in [-0.15, -0.1) is 0 Å². The number of methoxy groups -OCH3 is 1. The van der Waals surface area contributed by atoms with Crippen molar-refractivity contribution < 1.29 is 14.3 Å². The van der Waals surface area contributed by atoms with Crippen LogP contribution < -0.4 is 0 Å². The second-order valence-corrected chi connectivity index (χ2v) is 4.05. The monoisotopic (exact) mass is 276 g/mol. The molecule has 5 nitrogen and oxygen atoms in total. The van der Waals surface area contributed by atoms with Crippen LogP contribution in [0.5, 0.6) is 0 Å². The lowest BCUT2D eigenvalue weighted by Gasteiger charge is -2.28. The first-order valence-electron chi connectivity index (χ1n) is 7.24. The molecule has 0 unspecified atom stereocenters. The van der Waals surface area contributed by atoms with Crippen molar-refractivity contribution in [2.75, 3.05) is 53.6 Å². The van der Waals surface area contributed by atoms with Crippen LogP contribution in [0.25, 0.3) is 0 Å². The summed E-state index contributed by atoms with van der Waals surface area (Å²) in [7, 11) is 3.14. The molecule has 0 N–H and O–H groups in total. The molecule has 0 bridgehead atoms. The fourth-order valence-corrected chi connectivity index (χ4v) is 1.36. The summed E-state index contributed by atoms with van der Waals surface area (Å²) in [6.07, 6.45) is 0.971. The predicted octanol–water partition coefficient (Wildman–Crippen LogP) is 2.46. The molecule has 19 heavy (non-hydrogen) atoms. The number of carbonyl (C=O) groups is 1. The van der Waals surface area contributed by atoms with E-state index < -0.39 is 0 Å². The Morgan fingerprint density at radius 3 is 2.16 bits per heavy atom. The number of morpholine rings is 1. The Morgan fingerprint density at radius 1 is 1.26 bits per heavy atom. The maximum absolute atomic E-state index is 11.0. The second-order valence-electron chi connectivity index (χ2n) is 4.05. The van der Waals surface area contributed by atoms with E-state index in [1.54, 1.807) is 11.9 Å². The van der Waals surface area contributed by atoms with Gasteiger partial charge in [-0.25, -0.2) is 4.79 Å². The van der Waals surface area contributed by atoms with Gasteiger partial charge in [-0.1, -0.05) is 34.1 Å². The second kappa shape index (κ2) is 15.2. The maximum atomic E-state index is 11.0. The SMILES string of the molecule is CC.CCC.COC(=O)N(C)CCN1CCOCC1. The minimum atomic E-state index is -0.279. The molecule has 0 atom stereocenters. The van der Waals surface area contributed by atoms with Crippen LogP contribution in [0, 0.1) is 0 Å². The number of hydrogen-bond acceptors (Lipinski definition) is 4. The van der Waals surface area contributed by atoms with Crippen LogP contribution in [0.2, 0.25) is 0 Å². The third kappa shape index (κ3) is 12.0. The zero-order valence-electron chi connectivity index (χ0n) is 13.6. The van der Waals surface area contributed by atoms with Gasteiger partial charge in [0.05, 0.1) is 20.3 Å². The minimum absolute atomic E-state index is 0.279. The molecule has 0 aromatic heterocycles. The Bertz CT molecular complexity index is 195. The molecular formula is C14H32N2O3. The van der Waals surface area contributed by atoms with Crippen LogP contribution in [-0.4, -0.2) is 69.4 Å². The molecule has 1 aliphatic heterocycles. The predicted molar refractivity (Wildman–Crippen MR) is 79.6 cm³/mol. The highest BCUT2D eigenvalue weighted by Crippen LogP contribution is 1.97. The zero-order valence-corrected chi connectivity index (χ0v) is 13.6. The number of carbonyl (C=O) groups excluding carboxylic acids is 1. The largest absolute Gasteiger partial charge is 0.453 e. The van der Waals surface area contributed by atoms with E-state index in [-0.39, 0.29) is 6.09 Å². The van der Waals surface area contributed by atoms with Crippen LogP contribution in [0.15, 0.2) is 0 Å². The lowest BCUT2D eigenvalue weighted by Crippen LogP contribution is -2.41. The van der Waals surface area contributed by atoms with Gasteiger partial charge in [0.1, 0.15) is 0 Å². The molecule has 5 heteroatoms. The Morgan fingerprint density at radius 2 is 1.74 bits per heavy atom. The minimum Gasteiger partial charge on any atom is -0.453 e. The summed E-state index contributed by atoms with van der Waals surface area (Å²) in [5.41, 5.74) is 0. The van der Waals surface area contributed by atoms with Crippen molar-refractivity contribution in [3.63, 3.8) is 0 Å². The van der Waals surface area contributed by atoms with Gasteiger partial charge in [0.2, 0.25) is 0 Å². The van der Waals surface area contributed by atoms with E-state index in [1.807, 2.05) is 13.8 Å². The average Bonchev–Trinajstić information content (AvgIpc) is 2.48. The van der Waals surface area contributed by atoms with Crippen molar-refractivity contribution in [2.24, 2.45) is 0 Å². The maximum Gasteiger partial charge on any atom is 0.409 e. The number of ether oxygens (including phenoxy) is 2. The Kier molecular flexibility index (Phi) is 16.5. The van der Waals surface area contributed by atoms with E-state index in [2.05, 4.69) is 23.5 Å². The van der Waals surface area contributed by atoms with Gasteiger partial charge < -0.3 is 14.4 Å². The van der Waals surface area contributed by atoms with Gasteiger partial charge in [0.25, 0.3) is 0 Å². The summed E-state index contributed by atoms with van der Waals surface area (Å²) in [5, 5.41) is 0. The van der Waals surface area contributed by atoms with Crippen molar-refractivity contribution in [1.82, 2.24) is 9.80 Å². The number of likely N-dealkylation sites (N-methyl/N-ethyl adjacent to an activating group) is 1. The molecule has 1 amide bonds. The van der Waals surface area contributed by atoms with E-state index in [1.165, 1.54) is 13.5 Å². The van der Waals surface area contributed by atoms with E-state index >= 15 is 0 Å². The van der Waals surface area contributed by atoms with Gasteiger partial charge in [-0.05, 0) is 0 Å². The molecule has 1 fully saturated rings. The first-order valence-corrected chi connectivity index (χ1v) is 7.24. The highest BCUT2D eigenvalue weighted by Gasteiger charge is 2.13. The Balaban J connectivity index is 0. The zero-order chi connectivity index (χ0) is 15.1. The van der Waals surface area contributed by atoms with Crippen LogP contribution in [0.4, 0.5) is 4.79 Å². The quantitative estimate of drug-likeness (QED) is 0.794. The molecule has 0 aromatic rings. The van der Waals surface area contributed by atoms with Crippen LogP contribution >= 0.6 is 0 Å². The molecule has 116 valence electrons. The van der Waals surface area contributed by atoms with Crippen molar-refractivity contribution in [2.45, 2.75) is 34.1 Å². The van der Waals surface area contributed by atoms with Crippen molar-refractivity contribution in [3.8, 4) is 0 Å². The van der Waals surface area contributed by atoms with Crippen LogP contribution in [0.1, 0.15) is 34.1 Å². The highest BCUT2D eigenvalue weighted by atomic mass is 16.5. The molecule has 1 heterocycles. The molecule has 0 aliphatic carbocycles. The first-order chi connectivity index (χ1) is 9.15. The van der Waals surface area contributed by atoms with Gasteiger partial charge in [-0.2, -0.15) is 0 Å². The molecule has 1 aliphatic rings. The van der Waals surface area contributed by atoms with E-state index in [4.69, 9.17) is 4.74 Å². The topological polar surface area (TPSA) is 42.0 Å². The third-order valence-electron chi connectivity index (χ3n) is 2.34. The highest BCUT2D eigenvalue weighted by molar-refractivity contribution is 5.66. The molecule has 0 spiro atoms. The number of rotatable bonds is 3. The number of amides is 1. The molecule has 0 radical (unpaired) electrons. The smallest absolute Gasteiger partial charge is 0.409 e. The van der Waals surface area contributed by atoms with Crippen molar-refractivity contribution in [1.29, 1.82) is 0 Å². The Labute approximate surface area is 118 Å². The third-order valence-corrected chi connectivity index (χ3v) is 2.34. The summed E-state index contributed by atoms with van der Waals surface area (Å²) < 4.78 is 9.82. The molecule has 1 saturated heterocycles. The summed E-state index contributed by atoms with van der Waals surface area (Å²) >= 11 is 0. The fraction of sp³-hybridized carbons (Fsp3) is 0.929. The molecule has 0 saturated carbocycles. The molecule has 1 rings (SSSR count). The number of hydrogen-bond donors (Lipinski definition) is 0. The van der Waals surface area contributed by atoms with Gasteiger partial charge in [0, 0.05) is 33.2 Å². The van der Waals surface area contributed by atoms with Crippen LogP contribution in [0.3, 0.4) is 0 Å². The summed E-state index contributed by atoms with van der Waals surface area (Å²) in [6, 6.07) is 0. The summed E-state index contributed by atoms with van der Waals surface area (Å²) in [4.78, 5) is 14.9. The van der Waals surface area contributed by atoms with Crippen LogP contribution in [-0.2, 0) is 9.47 Å². The van der Waals surface area contributed by atoms with E-state index in [0.29, 0.717) is 6.54 Å². The van der Waals surface area contributed by atoms with Gasteiger partial charge >= 0.3 is 6.09 Å².